The summed E-state index contributed by atoms with van der Waals surface area (Å²) in [5.74, 6) is 0. The highest BCUT2D eigenvalue weighted by Gasteiger charge is 2.13. The smallest absolute Gasteiger partial charge is 0.0597 e. The van der Waals surface area contributed by atoms with Crippen LogP contribution in [-0.2, 0) is 0 Å². The lowest BCUT2D eigenvalue weighted by atomic mass is 10.0. The molecule has 168 valence electrons. The minimum Gasteiger partial charge on any atom is -0.141 e. The number of rotatable bonds is 5. The van der Waals surface area contributed by atoms with Crippen LogP contribution in [0.1, 0.15) is 10.4 Å². The fraction of sp³-hybridized carbons (Fsp3) is 0. The summed E-state index contributed by atoms with van der Waals surface area (Å²) in [6, 6.07) is 40.8. The molecule has 0 aliphatic carbocycles. The molecule has 2 aromatic heterocycles. The zero-order valence-electron chi connectivity index (χ0n) is 18.9. The number of benzene rings is 4. The second-order valence-electron chi connectivity index (χ2n) is 8.38. The van der Waals surface area contributed by atoms with Gasteiger partial charge in [0.1, 0.15) is 0 Å². The first-order chi connectivity index (χ1) is 17.2. The van der Waals surface area contributed by atoms with Gasteiger partial charge in [0.15, 0.2) is 0 Å². The van der Waals surface area contributed by atoms with Crippen molar-refractivity contribution in [1.82, 2.24) is 0 Å². The van der Waals surface area contributed by atoms with Crippen molar-refractivity contribution in [3.8, 4) is 32.7 Å². The Morgan fingerprint density at radius 3 is 1.60 bits per heavy atom. The molecule has 2 heterocycles. The molecule has 0 aliphatic heterocycles. The first-order valence-corrected chi connectivity index (χ1v) is 13.6. The maximum atomic E-state index is 4.88. The van der Waals surface area contributed by atoms with Crippen LogP contribution < -0.4 is 0 Å². The largest absolute Gasteiger partial charge is 0.141 e. The minimum atomic E-state index is 1.07. The van der Waals surface area contributed by atoms with Gasteiger partial charge in [-0.1, -0.05) is 115 Å². The van der Waals surface area contributed by atoms with E-state index in [-0.39, 0.29) is 0 Å². The van der Waals surface area contributed by atoms with Crippen LogP contribution in [0.3, 0.4) is 0 Å². The van der Waals surface area contributed by atoms with Gasteiger partial charge in [-0.2, -0.15) is 0 Å². The predicted molar refractivity (Wildman–Crippen MR) is 159 cm³/mol. The lowest BCUT2D eigenvalue weighted by Crippen LogP contribution is -1.78. The van der Waals surface area contributed by atoms with Crippen LogP contribution in [0.15, 0.2) is 120 Å². The van der Waals surface area contributed by atoms with Crippen molar-refractivity contribution < 1.29 is 0 Å². The van der Waals surface area contributed by atoms with Gasteiger partial charge in [-0.05, 0) is 45.5 Å². The highest BCUT2D eigenvalue weighted by molar-refractivity contribution is 7.81. The first-order valence-electron chi connectivity index (χ1n) is 11.5. The molecule has 4 aromatic carbocycles. The highest BCUT2D eigenvalue weighted by atomic mass is 32.1. The van der Waals surface area contributed by atoms with Crippen molar-refractivity contribution in [3.05, 3.63) is 126 Å². The van der Waals surface area contributed by atoms with Crippen molar-refractivity contribution in [2.24, 2.45) is 0 Å². The summed E-state index contributed by atoms with van der Waals surface area (Å²) in [7, 11) is 0. The zero-order valence-corrected chi connectivity index (χ0v) is 21.4. The number of fused-ring (bicyclic) bond motifs is 1. The molecule has 0 nitrogen and oxygen atoms in total. The standard InChI is InChI=1S/C32H22S3/c33-31-28(20-13-22-11-14-25(15-12-22)23-7-3-1-4-8-23)34-30-21-29(35-32(30)31)27-18-16-26(17-19-27)24-9-5-2-6-10-24/h1-21,33H/b20-13+. The molecule has 0 saturated carbocycles. The van der Waals surface area contributed by atoms with E-state index in [1.54, 1.807) is 11.3 Å². The van der Waals surface area contributed by atoms with E-state index in [0.29, 0.717) is 0 Å². The lowest BCUT2D eigenvalue weighted by Gasteiger charge is -2.03. The topological polar surface area (TPSA) is 0 Å². The fourth-order valence-electron chi connectivity index (χ4n) is 4.20. The van der Waals surface area contributed by atoms with Crippen molar-refractivity contribution in [3.63, 3.8) is 0 Å². The molecular weight excluding hydrogens is 481 g/mol. The normalized spacial score (nSPS) is 11.5. The Labute approximate surface area is 219 Å². The minimum absolute atomic E-state index is 1.07. The van der Waals surface area contributed by atoms with Gasteiger partial charge in [0.2, 0.25) is 0 Å². The third kappa shape index (κ3) is 4.63. The summed E-state index contributed by atoms with van der Waals surface area (Å²) in [5, 5.41) is 0. The lowest BCUT2D eigenvalue weighted by molar-refractivity contribution is 1.60. The van der Waals surface area contributed by atoms with E-state index in [9.17, 15) is 0 Å². The molecule has 35 heavy (non-hydrogen) atoms. The van der Waals surface area contributed by atoms with Crippen LogP contribution in [0.25, 0.3) is 54.2 Å². The molecule has 0 spiro atoms. The van der Waals surface area contributed by atoms with Gasteiger partial charge in [-0.25, -0.2) is 0 Å². The second-order valence-corrected chi connectivity index (χ2v) is 11.0. The van der Waals surface area contributed by atoms with Crippen molar-refractivity contribution in [1.29, 1.82) is 0 Å². The van der Waals surface area contributed by atoms with Gasteiger partial charge >= 0.3 is 0 Å². The summed E-state index contributed by atoms with van der Waals surface area (Å²) in [5.41, 5.74) is 7.40. The van der Waals surface area contributed by atoms with E-state index in [1.165, 1.54) is 52.5 Å². The molecule has 0 saturated heterocycles. The second kappa shape index (κ2) is 9.71. The quantitative estimate of drug-likeness (QED) is 0.223. The summed E-state index contributed by atoms with van der Waals surface area (Å²) in [4.78, 5) is 3.56. The van der Waals surface area contributed by atoms with Crippen LogP contribution in [0.5, 0.6) is 0 Å². The summed E-state index contributed by atoms with van der Waals surface area (Å²) >= 11 is 8.51. The molecule has 0 radical (unpaired) electrons. The Balaban J connectivity index is 1.21. The molecule has 0 bridgehead atoms. The molecule has 6 rings (SSSR count). The van der Waals surface area contributed by atoms with Crippen LogP contribution >= 0.6 is 35.3 Å². The molecular formula is C32H22S3. The number of thiophene rings is 2. The Morgan fingerprint density at radius 1 is 0.514 bits per heavy atom. The van der Waals surface area contributed by atoms with Gasteiger partial charge < -0.3 is 0 Å². The Morgan fingerprint density at radius 2 is 1.03 bits per heavy atom. The van der Waals surface area contributed by atoms with E-state index in [2.05, 4.69) is 121 Å². The average molecular weight is 503 g/mol. The molecule has 0 fully saturated rings. The fourth-order valence-corrected chi connectivity index (χ4v) is 7.09. The molecule has 0 unspecified atom stereocenters. The SMILES string of the molecule is Sc1c(/C=C/c2ccc(-c3ccccc3)cc2)sc2cc(-c3ccc(-c4ccccc4)cc3)sc12. The number of hydrogen-bond acceptors (Lipinski definition) is 3. The third-order valence-corrected chi connectivity index (χ3v) is 9.29. The summed E-state index contributed by atoms with van der Waals surface area (Å²) in [6.07, 6.45) is 4.36. The Bertz CT molecular complexity index is 1600. The molecule has 0 atom stereocenters. The van der Waals surface area contributed by atoms with Crippen LogP contribution in [0.2, 0.25) is 0 Å². The zero-order chi connectivity index (χ0) is 23.6. The van der Waals surface area contributed by atoms with Crippen molar-refractivity contribution in [2.45, 2.75) is 4.90 Å². The Kier molecular flexibility index (Phi) is 6.13. The molecule has 6 aromatic rings. The highest BCUT2D eigenvalue weighted by Crippen LogP contribution is 2.44. The van der Waals surface area contributed by atoms with Crippen molar-refractivity contribution in [2.75, 3.05) is 0 Å². The maximum Gasteiger partial charge on any atom is 0.0597 e. The molecule has 0 amide bonds. The van der Waals surface area contributed by atoms with E-state index in [0.717, 1.165) is 4.90 Å². The van der Waals surface area contributed by atoms with Gasteiger partial charge in [-0.3, -0.25) is 0 Å². The molecule has 3 heteroatoms. The van der Waals surface area contributed by atoms with E-state index in [1.807, 2.05) is 17.4 Å². The maximum absolute atomic E-state index is 4.88. The van der Waals surface area contributed by atoms with Gasteiger partial charge in [-0.15, -0.1) is 35.3 Å². The van der Waals surface area contributed by atoms with Crippen LogP contribution in [0, 0.1) is 0 Å². The average Bonchev–Trinajstić information content (AvgIpc) is 3.48. The van der Waals surface area contributed by atoms with E-state index in [4.69, 9.17) is 12.6 Å². The predicted octanol–water partition coefficient (Wildman–Crippen LogP) is 10.4. The molecule has 0 N–H and O–H groups in total. The van der Waals surface area contributed by atoms with Crippen molar-refractivity contribution >= 4 is 56.9 Å². The van der Waals surface area contributed by atoms with E-state index >= 15 is 0 Å². The summed E-state index contributed by atoms with van der Waals surface area (Å²) < 4.78 is 2.56. The Hall–Kier alpha value is -3.37. The summed E-state index contributed by atoms with van der Waals surface area (Å²) in [6.45, 7) is 0. The first kappa shape index (κ1) is 22.1. The van der Waals surface area contributed by atoms with Crippen LogP contribution in [-0.4, -0.2) is 0 Å². The number of thiol groups is 1. The van der Waals surface area contributed by atoms with Gasteiger partial charge in [0.05, 0.1) is 4.70 Å². The van der Waals surface area contributed by atoms with Gasteiger partial charge in [0.25, 0.3) is 0 Å². The molecule has 0 aliphatic rings. The van der Waals surface area contributed by atoms with E-state index < -0.39 is 0 Å². The van der Waals surface area contributed by atoms with Crippen LogP contribution in [0.4, 0.5) is 0 Å². The monoisotopic (exact) mass is 502 g/mol. The number of hydrogen-bond donors (Lipinski definition) is 1. The third-order valence-electron chi connectivity index (χ3n) is 6.09. The van der Waals surface area contributed by atoms with Gasteiger partial charge in [0, 0.05) is 19.3 Å².